The molecule has 1 amide bonds. The Morgan fingerprint density at radius 3 is 2.90 bits per heavy atom. The van der Waals surface area contributed by atoms with Gasteiger partial charge in [-0.3, -0.25) is 4.79 Å². The summed E-state index contributed by atoms with van der Waals surface area (Å²) >= 11 is 0. The van der Waals surface area contributed by atoms with Crippen molar-refractivity contribution in [2.75, 3.05) is 31.6 Å². The zero-order valence-electron chi connectivity index (χ0n) is 17.8. The summed E-state index contributed by atoms with van der Waals surface area (Å²) in [5.41, 5.74) is 1.87. The van der Waals surface area contributed by atoms with Crippen molar-refractivity contribution in [1.29, 1.82) is 0 Å². The molecular weight excluding hydrogens is 392 g/mol. The quantitative estimate of drug-likeness (QED) is 0.564. The molecule has 1 N–H and O–H groups in total. The van der Waals surface area contributed by atoms with Gasteiger partial charge in [-0.05, 0) is 43.5 Å². The van der Waals surface area contributed by atoms with Gasteiger partial charge in [0.05, 0.1) is 25.0 Å². The number of anilines is 1. The molecule has 0 unspecified atom stereocenters. The van der Waals surface area contributed by atoms with Gasteiger partial charge in [0, 0.05) is 50.2 Å². The number of imidazole rings is 1. The highest BCUT2D eigenvalue weighted by Crippen LogP contribution is 2.26. The average Bonchev–Trinajstić information content (AvgIpc) is 3.35. The topological polar surface area (TPSA) is 85.2 Å². The third-order valence-electron chi connectivity index (χ3n) is 5.61. The van der Waals surface area contributed by atoms with Crippen LogP contribution >= 0.6 is 0 Å². The maximum atomic E-state index is 12.7. The molecule has 1 fully saturated rings. The molecule has 1 atom stereocenters. The zero-order valence-corrected chi connectivity index (χ0v) is 17.8. The minimum atomic E-state index is -0.0265. The number of nitrogens with zero attached hydrogens (tertiary/aromatic N) is 5. The zero-order chi connectivity index (χ0) is 21.5. The standard InChI is InChI=1S/C23H28N6O2/c1-31-20-7-5-18(6-8-20)21-14-22(27-16-26-21)29-12-2-4-19(15-29)23(30)25-9-3-11-28-13-10-24-17-28/h5-8,10,13-14,16-17,19H,2-4,9,11-12,15H2,1H3,(H,25,30)/t19-/m0/s1. The van der Waals surface area contributed by atoms with Crippen LogP contribution in [0.3, 0.4) is 0 Å². The summed E-state index contributed by atoms with van der Waals surface area (Å²) in [4.78, 5) is 27.8. The molecule has 1 saturated heterocycles. The highest BCUT2D eigenvalue weighted by atomic mass is 16.5. The molecule has 1 aliphatic heterocycles. The molecule has 0 aliphatic carbocycles. The summed E-state index contributed by atoms with van der Waals surface area (Å²) in [7, 11) is 1.65. The summed E-state index contributed by atoms with van der Waals surface area (Å²) in [5.74, 6) is 1.77. The molecule has 1 aromatic carbocycles. The van der Waals surface area contributed by atoms with Crippen molar-refractivity contribution in [1.82, 2.24) is 24.8 Å². The lowest BCUT2D eigenvalue weighted by Gasteiger charge is -2.33. The van der Waals surface area contributed by atoms with Gasteiger partial charge in [-0.15, -0.1) is 0 Å². The van der Waals surface area contributed by atoms with Crippen molar-refractivity contribution in [2.45, 2.75) is 25.8 Å². The van der Waals surface area contributed by atoms with Gasteiger partial charge in [-0.25, -0.2) is 15.0 Å². The van der Waals surface area contributed by atoms with E-state index in [2.05, 4.69) is 25.2 Å². The van der Waals surface area contributed by atoms with E-state index < -0.39 is 0 Å². The SMILES string of the molecule is COc1ccc(-c2cc(N3CCC[C@H](C(=O)NCCCn4ccnc4)C3)ncn2)cc1. The Hall–Kier alpha value is -3.42. The number of methoxy groups -OCH3 is 1. The minimum Gasteiger partial charge on any atom is -0.497 e. The fourth-order valence-electron chi connectivity index (χ4n) is 3.88. The number of rotatable bonds is 8. The predicted molar refractivity (Wildman–Crippen MR) is 119 cm³/mol. The lowest BCUT2D eigenvalue weighted by Crippen LogP contribution is -2.43. The van der Waals surface area contributed by atoms with Crippen LogP contribution in [0.25, 0.3) is 11.3 Å². The highest BCUT2D eigenvalue weighted by Gasteiger charge is 2.26. The number of hydrogen-bond acceptors (Lipinski definition) is 6. The van der Waals surface area contributed by atoms with Crippen LogP contribution in [0, 0.1) is 5.92 Å². The largest absolute Gasteiger partial charge is 0.497 e. The van der Waals surface area contributed by atoms with Gasteiger partial charge in [0.1, 0.15) is 17.9 Å². The van der Waals surface area contributed by atoms with Gasteiger partial charge in [-0.2, -0.15) is 0 Å². The number of benzene rings is 1. The van der Waals surface area contributed by atoms with Crippen molar-refractivity contribution in [3.8, 4) is 17.0 Å². The van der Waals surface area contributed by atoms with Gasteiger partial charge in [0.25, 0.3) is 0 Å². The maximum absolute atomic E-state index is 12.7. The molecule has 31 heavy (non-hydrogen) atoms. The van der Waals surface area contributed by atoms with Crippen molar-refractivity contribution >= 4 is 11.7 Å². The van der Waals surface area contributed by atoms with Crippen LogP contribution in [0.5, 0.6) is 5.75 Å². The van der Waals surface area contributed by atoms with Gasteiger partial charge < -0.3 is 19.5 Å². The summed E-state index contributed by atoms with van der Waals surface area (Å²) in [6, 6.07) is 9.81. The number of ether oxygens (including phenoxy) is 1. The minimum absolute atomic E-state index is 0.0265. The number of carbonyl (C=O) groups excluding carboxylic acids is 1. The molecule has 4 rings (SSSR count). The van der Waals surface area contributed by atoms with Crippen LogP contribution in [0.1, 0.15) is 19.3 Å². The van der Waals surface area contributed by atoms with Crippen molar-refractivity contribution in [3.05, 3.63) is 55.4 Å². The fraction of sp³-hybridized carbons (Fsp3) is 0.391. The molecule has 3 aromatic rings. The molecular formula is C23H28N6O2. The van der Waals surface area contributed by atoms with E-state index in [4.69, 9.17) is 4.74 Å². The first kappa shape index (κ1) is 20.8. The van der Waals surface area contributed by atoms with Gasteiger partial charge in [0.2, 0.25) is 5.91 Å². The Bertz CT molecular complexity index is 974. The molecule has 3 heterocycles. The second-order valence-corrected chi connectivity index (χ2v) is 7.72. The lowest BCUT2D eigenvalue weighted by atomic mass is 9.97. The maximum Gasteiger partial charge on any atom is 0.224 e. The first-order valence-corrected chi connectivity index (χ1v) is 10.7. The number of nitrogens with one attached hydrogen (secondary N) is 1. The molecule has 8 nitrogen and oxygen atoms in total. The van der Waals surface area contributed by atoms with Crippen LogP contribution in [-0.4, -0.2) is 52.2 Å². The number of piperidine rings is 1. The number of aryl methyl sites for hydroxylation is 1. The van der Waals surface area contributed by atoms with Gasteiger partial charge in [0.15, 0.2) is 0 Å². The summed E-state index contributed by atoms with van der Waals surface area (Å²) in [5, 5.41) is 3.09. The molecule has 8 heteroatoms. The molecule has 162 valence electrons. The Labute approximate surface area is 182 Å². The second kappa shape index (κ2) is 10.1. The predicted octanol–water partition coefficient (Wildman–Crippen LogP) is 2.77. The van der Waals surface area contributed by atoms with Gasteiger partial charge in [-0.1, -0.05) is 0 Å². The summed E-state index contributed by atoms with van der Waals surface area (Å²) in [6.07, 6.45) is 9.84. The van der Waals surface area contributed by atoms with E-state index in [-0.39, 0.29) is 11.8 Å². The van der Waals surface area contributed by atoms with Crippen molar-refractivity contribution in [3.63, 3.8) is 0 Å². The fourth-order valence-corrected chi connectivity index (χ4v) is 3.88. The Morgan fingerprint density at radius 2 is 2.13 bits per heavy atom. The third-order valence-corrected chi connectivity index (χ3v) is 5.61. The number of hydrogen-bond donors (Lipinski definition) is 1. The third kappa shape index (κ3) is 5.39. The van der Waals surface area contributed by atoms with Crippen LogP contribution < -0.4 is 15.0 Å². The van der Waals surface area contributed by atoms with Crippen molar-refractivity contribution in [2.24, 2.45) is 5.92 Å². The van der Waals surface area contributed by atoms with Crippen LogP contribution in [0.2, 0.25) is 0 Å². The van der Waals surface area contributed by atoms with E-state index in [1.807, 2.05) is 41.1 Å². The molecule has 2 aromatic heterocycles. The molecule has 0 radical (unpaired) electrons. The van der Waals surface area contributed by atoms with E-state index in [1.54, 1.807) is 26.0 Å². The second-order valence-electron chi connectivity index (χ2n) is 7.72. The van der Waals surface area contributed by atoms with Gasteiger partial charge >= 0.3 is 0 Å². The van der Waals surface area contributed by atoms with Crippen molar-refractivity contribution < 1.29 is 9.53 Å². The lowest BCUT2D eigenvalue weighted by molar-refractivity contribution is -0.125. The van der Waals surface area contributed by atoms with E-state index in [9.17, 15) is 4.79 Å². The Kier molecular flexibility index (Phi) is 6.76. The molecule has 0 saturated carbocycles. The number of carbonyl (C=O) groups is 1. The Balaban J connectivity index is 1.33. The number of amides is 1. The van der Waals surface area contributed by atoms with Crippen LogP contribution in [-0.2, 0) is 11.3 Å². The monoisotopic (exact) mass is 420 g/mol. The van der Waals surface area contributed by atoms with E-state index in [0.717, 1.165) is 55.2 Å². The molecule has 0 spiro atoms. The normalized spacial score (nSPS) is 16.2. The number of aromatic nitrogens is 4. The van der Waals surface area contributed by atoms with Crippen LogP contribution in [0.15, 0.2) is 55.4 Å². The first-order chi connectivity index (χ1) is 15.2. The van der Waals surface area contributed by atoms with E-state index >= 15 is 0 Å². The Morgan fingerprint density at radius 1 is 1.26 bits per heavy atom. The average molecular weight is 421 g/mol. The summed E-state index contributed by atoms with van der Waals surface area (Å²) < 4.78 is 7.25. The van der Waals surface area contributed by atoms with Crippen LogP contribution in [0.4, 0.5) is 5.82 Å². The summed E-state index contributed by atoms with van der Waals surface area (Å²) in [6.45, 7) is 3.09. The van der Waals surface area contributed by atoms with E-state index in [1.165, 1.54) is 0 Å². The first-order valence-electron chi connectivity index (χ1n) is 10.7. The molecule has 0 bridgehead atoms. The van der Waals surface area contributed by atoms with E-state index in [0.29, 0.717) is 13.1 Å². The molecule has 1 aliphatic rings. The highest BCUT2D eigenvalue weighted by molar-refractivity contribution is 5.79. The smallest absolute Gasteiger partial charge is 0.224 e.